The smallest absolute Gasteiger partial charge is 0.148 e. The first-order valence-electron chi connectivity index (χ1n) is 7.47. The minimum atomic E-state index is 0.522. The molecule has 2 aliphatic heterocycles. The molecule has 0 atom stereocenters. The molecule has 2 N–H and O–H groups in total. The van der Waals surface area contributed by atoms with Crippen molar-refractivity contribution in [2.45, 2.75) is 25.7 Å². The number of nitrogen functional groups attached to an aromatic ring is 1. The highest BCUT2D eigenvalue weighted by molar-refractivity contribution is 9.10. The lowest BCUT2D eigenvalue weighted by atomic mass is 9.96. The molecule has 0 radical (unpaired) electrons. The minimum absolute atomic E-state index is 0.522. The lowest BCUT2D eigenvalue weighted by Crippen LogP contribution is -2.38. The molecule has 6 heteroatoms. The summed E-state index contributed by atoms with van der Waals surface area (Å²) in [5, 5.41) is 0. The van der Waals surface area contributed by atoms with Gasteiger partial charge in [0.1, 0.15) is 22.4 Å². The first-order chi connectivity index (χ1) is 9.74. The lowest BCUT2D eigenvalue weighted by molar-refractivity contribution is 0.249. The average Bonchev–Trinajstić information content (AvgIpc) is 2.96. The predicted molar refractivity (Wildman–Crippen MR) is 84.8 cm³/mol. The van der Waals surface area contributed by atoms with E-state index in [0.717, 1.165) is 29.3 Å². The quantitative estimate of drug-likeness (QED) is 0.914. The van der Waals surface area contributed by atoms with E-state index in [4.69, 9.17) is 5.73 Å². The molecule has 20 heavy (non-hydrogen) atoms. The molecule has 110 valence electrons. The molecule has 1 aromatic heterocycles. The summed E-state index contributed by atoms with van der Waals surface area (Å²) in [4.78, 5) is 13.3. The zero-order chi connectivity index (χ0) is 13.9. The average molecular weight is 340 g/mol. The highest BCUT2D eigenvalue weighted by atomic mass is 79.9. The van der Waals surface area contributed by atoms with Gasteiger partial charge < -0.3 is 15.5 Å². The van der Waals surface area contributed by atoms with Gasteiger partial charge in [0.25, 0.3) is 0 Å². The molecule has 0 unspecified atom stereocenters. The first kappa shape index (κ1) is 14.1. The van der Waals surface area contributed by atoms with E-state index < -0.39 is 0 Å². The summed E-state index contributed by atoms with van der Waals surface area (Å²) in [5.74, 6) is 2.30. The molecule has 0 spiro atoms. The molecule has 0 aromatic carbocycles. The van der Waals surface area contributed by atoms with E-state index in [2.05, 4.69) is 35.7 Å². The first-order valence-corrected chi connectivity index (χ1v) is 8.26. The van der Waals surface area contributed by atoms with Gasteiger partial charge in [-0.15, -0.1) is 0 Å². The molecule has 3 rings (SSSR count). The second-order valence-electron chi connectivity index (χ2n) is 5.83. The molecule has 2 fully saturated rings. The Bertz CT molecular complexity index is 453. The largest absolute Gasteiger partial charge is 0.383 e. The van der Waals surface area contributed by atoms with Crippen LogP contribution in [0.2, 0.25) is 0 Å². The maximum atomic E-state index is 5.83. The molecule has 2 saturated heterocycles. The molecular formula is C14H22BrN5. The number of hydrogen-bond donors (Lipinski definition) is 1. The minimum Gasteiger partial charge on any atom is -0.383 e. The van der Waals surface area contributed by atoms with Gasteiger partial charge in [-0.2, -0.15) is 0 Å². The summed E-state index contributed by atoms with van der Waals surface area (Å²) in [7, 11) is 0. The van der Waals surface area contributed by atoms with Crippen LogP contribution in [-0.4, -0.2) is 47.6 Å². The number of anilines is 2. The van der Waals surface area contributed by atoms with Crippen molar-refractivity contribution < 1.29 is 0 Å². The third-order valence-corrected chi connectivity index (χ3v) is 5.19. The number of piperidine rings is 1. The Morgan fingerprint density at radius 3 is 2.55 bits per heavy atom. The number of likely N-dealkylation sites (tertiary alicyclic amines) is 1. The van der Waals surface area contributed by atoms with Crippen LogP contribution >= 0.6 is 15.9 Å². The Morgan fingerprint density at radius 1 is 1.15 bits per heavy atom. The van der Waals surface area contributed by atoms with E-state index in [9.17, 15) is 0 Å². The van der Waals surface area contributed by atoms with E-state index in [1.165, 1.54) is 45.3 Å². The second kappa shape index (κ2) is 6.26. The Balaban J connectivity index is 1.56. The van der Waals surface area contributed by atoms with Crippen LogP contribution in [0.4, 0.5) is 11.6 Å². The van der Waals surface area contributed by atoms with Gasteiger partial charge in [-0.1, -0.05) is 0 Å². The molecule has 3 heterocycles. The maximum Gasteiger partial charge on any atom is 0.148 e. The van der Waals surface area contributed by atoms with Gasteiger partial charge in [0.15, 0.2) is 0 Å². The molecule has 0 aliphatic carbocycles. The van der Waals surface area contributed by atoms with Crippen molar-refractivity contribution in [1.82, 2.24) is 14.9 Å². The number of hydrogen-bond acceptors (Lipinski definition) is 5. The summed E-state index contributed by atoms with van der Waals surface area (Å²) in [6.07, 6.45) is 6.80. The summed E-state index contributed by atoms with van der Waals surface area (Å²) >= 11 is 3.50. The molecule has 0 saturated carbocycles. The molecule has 0 amide bonds. The van der Waals surface area contributed by atoms with Gasteiger partial charge in [0, 0.05) is 19.6 Å². The fourth-order valence-corrected chi connectivity index (χ4v) is 3.71. The predicted octanol–water partition coefficient (Wildman–Crippen LogP) is 2.13. The summed E-state index contributed by atoms with van der Waals surface area (Å²) in [6.45, 7) is 6.00. The molecular weight excluding hydrogens is 318 g/mol. The van der Waals surface area contributed by atoms with Crippen molar-refractivity contribution in [2.24, 2.45) is 5.92 Å². The number of rotatable bonds is 3. The summed E-state index contributed by atoms with van der Waals surface area (Å²) in [5.41, 5.74) is 5.83. The highest BCUT2D eigenvalue weighted by Gasteiger charge is 2.24. The van der Waals surface area contributed by atoms with Crippen molar-refractivity contribution in [3.63, 3.8) is 0 Å². The van der Waals surface area contributed by atoms with Gasteiger partial charge in [-0.3, -0.25) is 0 Å². The van der Waals surface area contributed by atoms with Crippen molar-refractivity contribution in [3.05, 3.63) is 10.8 Å². The van der Waals surface area contributed by atoms with Gasteiger partial charge in [0.05, 0.1) is 0 Å². The van der Waals surface area contributed by atoms with E-state index in [1.807, 2.05) is 0 Å². The molecule has 1 aromatic rings. The number of halogens is 1. The van der Waals surface area contributed by atoms with E-state index in [-0.39, 0.29) is 0 Å². The van der Waals surface area contributed by atoms with E-state index in [1.54, 1.807) is 6.33 Å². The van der Waals surface area contributed by atoms with E-state index >= 15 is 0 Å². The van der Waals surface area contributed by atoms with E-state index in [0.29, 0.717) is 5.82 Å². The summed E-state index contributed by atoms with van der Waals surface area (Å²) < 4.78 is 0.831. The van der Waals surface area contributed by atoms with Crippen molar-refractivity contribution in [2.75, 3.05) is 43.4 Å². The van der Waals surface area contributed by atoms with Gasteiger partial charge in [-0.05, 0) is 60.6 Å². The van der Waals surface area contributed by atoms with Crippen molar-refractivity contribution in [1.29, 1.82) is 0 Å². The Labute approximate surface area is 128 Å². The van der Waals surface area contributed by atoms with Crippen LogP contribution in [0.3, 0.4) is 0 Å². The van der Waals surface area contributed by atoms with Crippen LogP contribution < -0.4 is 10.6 Å². The molecule has 2 aliphatic rings. The van der Waals surface area contributed by atoms with Crippen molar-refractivity contribution in [3.8, 4) is 0 Å². The van der Waals surface area contributed by atoms with Crippen molar-refractivity contribution >= 4 is 27.6 Å². The standard InChI is InChI=1S/C14H22BrN5/c15-12-13(16)17-10-18-14(12)20-7-3-11(4-8-20)9-19-5-1-2-6-19/h10-11H,1-9H2,(H2,16,17,18). The fraction of sp³-hybridized carbons (Fsp3) is 0.714. The van der Waals surface area contributed by atoms with Gasteiger partial charge in [0.2, 0.25) is 0 Å². The summed E-state index contributed by atoms with van der Waals surface area (Å²) in [6, 6.07) is 0. The van der Waals surface area contributed by atoms with Crippen LogP contribution in [0.25, 0.3) is 0 Å². The topological polar surface area (TPSA) is 58.3 Å². The van der Waals surface area contributed by atoms with Crippen LogP contribution in [0.1, 0.15) is 25.7 Å². The zero-order valence-corrected chi connectivity index (χ0v) is 13.3. The van der Waals surface area contributed by atoms with Crippen LogP contribution in [0.5, 0.6) is 0 Å². The number of nitrogens with two attached hydrogens (primary N) is 1. The van der Waals surface area contributed by atoms with Gasteiger partial charge in [-0.25, -0.2) is 9.97 Å². The number of nitrogens with zero attached hydrogens (tertiary/aromatic N) is 4. The van der Waals surface area contributed by atoms with Gasteiger partial charge >= 0.3 is 0 Å². The van der Waals surface area contributed by atoms with Crippen LogP contribution in [0.15, 0.2) is 10.8 Å². The monoisotopic (exact) mass is 339 g/mol. The third kappa shape index (κ3) is 3.06. The Hall–Kier alpha value is -0.880. The maximum absolute atomic E-state index is 5.83. The number of aromatic nitrogens is 2. The van der Waals surface area contributed by atoms with Crippen LogP contribution in [0, 0.1) is 5.92 Å². The normalized spacial score (nSPS) is 21.6. The third-order valence-electron chi connectivity index (χ3n) is 4.43. The Kier molecular flexibility index (Phi) is 4.41. The fourth-order valence-electron chi connectivity index (χ4n) is 3.25. The lowest BCUT2D eigenvalue weighted by Gasteiger charge is -2.34. The molecule has 0 bridgehead atoms. The SMILES string of the molecule is Nc1ncnc(N2CCC(CN3CCCC3)CC2)c1Br. The van der Waals surface area contributed by atoms with Crippen LogP contribution in [-0.2, 0) is 0 Å². The second-order valence-corrected chi connectivity index (χ2v) is 6.63. The molecule has 5 nitrogen and oxygen atoms in total. The highest BCUT2D eigenvalue weighted by Crippen LogP contribution is 2.31. The Morgan fingerprint density at radius 2 is 1.85 bits per heavy atom. The zero-order valence-electron chi connectivity index (χ0n) is 11.8.